The molecular formula is C12H9N3O2S. The average Bonchev–Trinajstić information content (AvgIpc) is 2.95. The van der Waals surface area contributed by atoms with Crippen LogP contribution in [0.5, 0.6) is 0 Å². The SMILES string of the molecule is O=C1Cc2ccc(C(=O)Nc3nccs3)cc2N1. The number of carbonyl (C=O) groups is 2. The Labute approximate surface area is 107 Å². The van der Waals surface area contributed by atoms with Crippen LogP contribution in [-0.4, -0.2) is 16.8 Å². The molecule has 0 atom stereocenters. The number of amides is 2. The third-order valence-electron chi connectivity index (χ3n) is 2.65. The van der Waals surface area contributed by atoms with Gasteiger partial charge in [-0.1, -0.05) is 6.07 Å². The minimum absolute atomic E-state index is 0.0394. The van der Waals surface area contributed by atoms with Gasteiger partial charge in [-0.25, -0.2) is 4.98 Å². The fourth-order valence-corrected chi connectivity index (χ4v) is 2.33. The first-order valence-electron chi connectivity index (χ1n) is 5.36. The number of anilines is 2. The third kappa shape index (κ3) is 1.98. The van der Waals surface area contributed by atoms with Crippen molar-refractivity contribution in [2.75, 3.05) is 10.6 Å². The van der Waals surface area contributed by atoms with E-state index in [2.05, 4.69) is 15.6 Å². The molecule has 3 rings (SSSR count). The Morgan fingerprint density at radius 2 is 2.33 bits per heavy atom. The molecular weight excluding hydrogens is 250 g/mol. The van der Waals surface area contributed by atoms with Crippen molar-refractivity contribution in [2.45, 2.75) is 6.42 Å². The van der Waals surface area contributed by atoms with E-state index in [4.69, 9.17) is 0 Å². The summed E-state index contributed by atoms with van der Waals surface area (Å²) in [6.45, 7) is 0. The predicted molar refractivity (Wildman–Crippen MR) is 68.8 cm³/mol. The van der Waals surface area contributed by atoms with E-state index >= 15 is 0 Å². The fourth-order valence-electron chi connectivity index (χ4n) is 1.81. The Bertz CT molecular complexity index is 622. The molecule has 2 heterocycles. The highest BCUT2D eigenvalue weighted by Gasteiger charge is 2.19. The predicted octanol–water partition coefficient (Wildman–Crippen LogP) is 1.89. The molecule has 0 spiro atoms. The Morgan fingerprint density at radius 1 is 1.44 bits per heavy atom. The first-order chi connectivity index (χ1) is 8.72. The molecule has 0 bridgehead atoms. The van der Waals surface area contributed by atoms with Crippen LogP contribution in [-0.2, 0) is 11.2 Å². The molecule has 2 N–H and O–H groups in total. The van der Waals surface area contributed by atoms with Crippen molar-refractivity contribution in [3.63, 3.8) is 0 Å². The number of benzene rings is 1. The third-order valence-corrected chi connectivity index (χ3v) is 3.34. The lowest BCUT2D eigenvalue weighted by atomic mass is 10.1. The van der Waals surface area contributed by atoms with Gasteiger partial charge in [0.1, 0.15) is 0 Å². The maximum atomic E-state index is 11.9. The van der Waals surface area contributed by atoms with E-state index in [0.29, 0.717) is 22.8 Å². The second-order valence-corrected chi connectivity index (χ2v) is 4.78. The Hall–Kier alpha value is -2.21. The number of rotatable bonds is 2. The molecule has 0 saturated heterocycles. The summed E-state index contributed by atoms with van der Waals surface area (Å²) in [7, 11) is 0. The van der Waals surface area contributed by atoms with Crippen LogP contribution in [0.4, 0.5) is 10.8 Å². The number of thiazole rings is 1. The van der Waals surface area contributed by atoms with Gasteiger partial charge in [0, 0.05) is 22.8 Å². The van der Waals surface area contributed by atoms with E-state index in [-0.39, 0.29) is 11.8 Å². The van der Waals surface area contributed by atoms with E-state index in [1.807, 2.05) is 0 Å². The zero-order valence-corrected chi connectivity index (χ0v) is 10.1. The number of hydrogen-bond donors (Lipinski definition) is 2. The van der Waals surface area contributed by atoms with Crippen LogP contribution < -0.4 is 10.6 Å². The maximum absolute atomic E-state index is 11.9. The van der Waals surface area contributed by atoms with Gasteiger partial charge in [-0.15, -0.1) is 11.3 Å². The van der Waals surface area contributed by atoms with Crippen LogP contribution in [0.15, 0.2) is 29.8 Å². The van der Waals surface area contributed by atoms with Gasteiger partial charge in [0.15, 0.2) is 5.13 Å². The Morgan fingerprint density at radius 3 is 3.11 bits per heavy atom. The molecule has 0 aliphatic carbocycles. The Balaban J connectivity index is 1.83. The van der Waals surface area contributed by atoms with Gasteiger partial charge in [0.25, 0.3) is 5.91 Å². The van der Waals surface area contributed by atoms with E-state index in [1.54, 1.807) is 29.8 Å². The molecule has 0 saturated carbocycles. The molecule has 6 heteroatoms. The second kappa shape index (κ2) is 4.23. The van der Waals surface area contributed by atoms with Gasteiger partial charge < -0.3 is 5.32 Å². The van der Waals surface area contributed by atoms with Crippen LogP contribution in [0, 0.1) is 0 Å². The minimum atomic E-state index is -0.228. The molecule has 1 aliphatic rings. The topological polar surface area (TPSA) is 71.1 Å². The molecule has 1 aromatic heterocycles. The largest absolute Gasteiger partial charge is 0.326 e. The first kappa shape index (κ1) is 10.9. The van der Waals surface area contributed by atoms with Gasteiger partial charge in [-0.2, -0.15) is 0 Å². The summed E-state index contributed by atoms with van der Waals surface area (Å²) in [5.41, 5.74) is 2.14. The van der Waals surface area contributed by atoms with Crippen LogP contribution >= 0.6 is 11.3 Å². The van der Waals surface area contributed by atoms with Crippen molar-refractivity contribution in [1.29, 1.82) is 0 Å². The number of nitrogens with one attached hydrogen (secondary N) is 2. The molecule has 2 amide bonds. The normalized spacial score (nSPS) is 13.0. The van der Waals surface area contributed by atoms with E-state index in [1.165, 1.54) is 11.3 Å². The van der Waals surface area contributed by atoms with Crippen molar-refractivity contribution in [2.24, 2.45) is 0 Å². The molecule has 18 heavy (non-hydrogen) atoms. The van der Waals surface area contributed by atoms with Gasteiger partial charge in [-0.3, -0.25) is 14.9 Å². The van der Waals surface area contributed by atoms with E-state index in [0.717, 1.165) is 5.56 Å². The Kier molecular flexibility index (Phi) is 2.56. The zero-order valence-electron chi connectivity index (χ0n) is 9.27. The molecule has 0 unspecified atom stereocenters. The number of nitrogens with zero attached hydrogens (tertiary/aromatic N) is 1. The number of aromatic nitrogens is 1. The van der Waals surface area contributed by atoms with Crippen LogP contribution in [0.2, 0.25) is 0 Å². The summed E-state index contributed by atoms with van der Waals surface area (Å²) in [6, 6.07) is 5.19. The summed E-state index contributed by atoms with van der Waals surface area (Å²) in [5.74, 6) is -0.267. The summed E-state index contributed by atoms with van der Waals surface area (Å²) in [6.07, 6.45) is 2.01. The van der Waals surface area contributed by atoms with Crippen molar-refractivity contribution in [3.8, 4) is 0 Å². The summed E-state index contributed by atoms with van der Waals surface area (Å²) < 4.78 is 0. The van der Waals surface area contributed by atoms with Crippen molar-refractivity contribution >= 4 is 34.0 Å². The monoisotopic (exact) mass is 259 g/mol. The molecule has 0 radical (unpaired) electrons. The number of hydrogen-bond acceptors (Lipinski definition) is 4. The smallest absolute Gasteiger partial charge is 0.257 e. The zero-order chi connectivity index (χ0) is 12.5. The lowest BCUT2D eigenvalue weighted by Gasteiger charge is -2.04. The number of fused-ring (bicyclic) bond motifs is 1. The number of carbonyl (C=O) groups excluding carboxylic acids is 2. The van der Waals surface area contributed by atoms with Gasteiger partial charge in [0.2, 0.25) is 5.91 Å². The lowest BCUT2D eigenvalue weighted by molar-refractivity contribution is -0.115. The second-order valence-electron chi connectivity index (χ2n) is 3.89. The molecule has 1 aromatic carbocycles. The van der Waals surface area contributed by atoms with Crippen LogP contribution in [0.25, 0.3) is 0 Å². The quantitative estimate of drug-likeness (QED) is 0.865. The minimum Gasteiger partial charge on any atom is -0.326 e. The van der Waals surface area contributed by atoms with Gasteiger partial charge >= 0.3 is 0 Å². The first-order valence-corrected chi connectivity index (χ1v) is 6.24. The van der Waals surface area contributed by atoms with Gasteiger partial charge in [0.05, 0.1) is 6.42 Å². The highest BCUT2D eigenvalue weighted by atomic mass is 32.1. The summed E-state index contributed by atoms with van der Waals surface area (Å²) in [4.78, 5) is 27.1. The summed E-state index contributed by atoms with van der Waals surface area (Å²) >= 11 is 1.36. The van der Waals surface area contributed by atoms with E-state index < -0.39 is 0 Å². The molecule has 2 aromatic rings. The lowest BCUT2D eigenvalue weighted by Crippen LogP contribution is -2.11. The fraction of sp³-hybridized carbons (Fsp3) is 0.0833. The standard InChI is InChI=1S/C12H9N3O2S/c16-10-6-7-1-2-8(5-9(7)14-10)11(17)15-12-13-3-4-18-12/h1-5H,6H2,(H,14,16)(H,13,15,17). The van der Waals surface area contributed by atoms with Crippen LogP contribution in [0.1, 0.15) is 15.9 Å². The molecule has 1 aliphatic heterocycles. The summed E-state index contributed by atoms with van der Waals surface area (Å²) in [5, 5.41) is 7.77. The highest BCUT2D eigenvalue weighted by Crippen LogP contribution is 2.24. The average molecular weight is 259 g/mol. The maximum Gasteiger partial charge on any atom is 0.257 e. The highest BCUT2D eigenvalue weighted by molar-refractivity contribution is 7.13. The molecule has 90 valence electrons. The van der Waals surface area contributed by atoms with Crippen LogP contribution in [0.3, 0.4) is 0 Å². The molecule has 5 nitrogen and oxygen atoms in total. The van der Waals surface area contributed by atoms with E-state index in [9.17, 15) is 9.59 Å². The van der Waals surface area contributed by atoms with Crippen molar-refractivity contribution in [3.05, 3.63) is 40.9 Å². The van der Waals surface area contributed by atoms with Crippen molar-refractivity contribution in [1.82, 2.24) is 4.98 Å². The van der Waals surface area contributed by atoms with Crippen molar-refractivity contribution < 1.29 is 9.59 Å². The molecule has 0 fully saturated rings. The van der Waals surface area contributed by atoms with Gasteiger partial charge in [-0.05, 0) is 17.7 Å².